The number of allylic oxidation sites excluding steroid dienone is 1. The fourth-order valence-electron chi connectivity index (χ4n) is 4.34. The van der Waals surface area contributed by atoms with Gasteiger partial charge in [-0.1, -0.05) is 36.8 Å². The van der Waals surface area contributed by atoms with Gasteiger partial charge in [0.2, 0.25) is 11.8 Å². The summed E-state index contributed by atoms with van der Waals surface area (Å²) in [6.07, 6.45) is 2.12. The van der Waals surface area contributed by atoms with Crippen LogP contribution in [0, 0.1) is 12.8 Å². The molecule has 2 aliphatic rings. The summed E-state index contributed by atoms with van der Waals surface area (Å²) in [4.78, 5) is 42.0. The van der Waals surface area contributed by atoms with Gasteiger partial charge in [-0.25, -0.2) is 4.79 Å². The maximum absolute atomic E-state index is 13.0. The molecular formula is C24H32N2O4. The molecule has 6 heteroatoms. The molecule has 0 aromatic heterocycles. The lowest BCUT2D eigenvalue weighted by Crippen LogP contribution is -2.47. The van der Waals surface area contributed by atoms with Gasteiger partial charge in [0.15, 0.2) is 0 Å². The lowest BCUT2D eigenvalue weighted by molar-refractivity contribution is -0.143. The van der Waals surface area contributed by atoms with E-state index in [0.717, 1.165) is 37.1 Å². The van der Waals surface area contributed by atoms with Crippen molar-refractivity contribution in [3.05, 3.63) is 46.7 Å². The van der Waals surface area contributed by atoms with Crippen LogP contribution in [-0.2, 0) is 19.1 Å². The highest BCUT2D eigenvalue weighted by atomic mass is 16.5. The van der Waals surface area contributed by atoms with Crippen LogP contribution in [0.25, 0.3) is 0 Å². The quantitative estimate of drug-likeness (QED) is 0.695. The van der Waals surface area contributed by atoms with E-state index in [9.17, 15) is 14.4 Å². The Kier molecular flexibility index (Phi) is 6.95. The van der Waals surface area contributed by atoms with E-state index in [4.69, 9.17) is 4.74 Å². The van der Waals surface area contributed by atoms with Crippen LogP contribution in [0.4, 0.5) is 0 Å². The average Bonchev–Trinajstić information content (AvgIpc) is 2.71. The van der Waals surface area contributed by atoms with Crippen LogP contribution in [0.5, 0.6) is 0 Å². The Morgan fingerprint density at radius 3 is 2.50 bits per heavy atom. The van der Waals surface area contributed by atoms with Crippen LogP contribution in [0.1, 0.15) is 57.1 Å². The largest absolute Gasteiger partial charge is 0.463 e. The molecule has 2 amide bonds. The summed E-state index contributed by atoms with van der Waals surface area (Å²) in [7, 11) is 0. The normalized spacial score (nSPS) is 20.5. The minimum Gasteiger partial charge on any atom is -0.463 e. The molecule has 1 fully saturated rings. The van der Waals surface area contributed by atoms with Crippen molar-refractivity contribution in [3.8, 4) is 0 Å². The van der Waals surface area contributed by atoms with Gasteiger partial charge < -0.3 is 14.5 Å². The minimum absolute atomic E-state index is 0.0253. The highest BCUT2D eigenvalue weighted by Gasteiger charge is 2.38. The Balaban J connectivity index is 1.90. The molecule has 1 aromatic carbocycles. The van der Waals surface area contributed by atoms with Crippen LogP contribution in [0.3, 0.4) is 0 Å². The lowest BCUT2D eigenvalue weighted by atomic mass is 9.83. The van der Waals surface area contributed by atoms with Gasteiger partial charge in [-0.2, -0.15) is 0 Å². The summed E-state index contributed by atoms with van der Waals surface area (Å²) in [5, 5.41) is 0. The van der Waals surface area contributed by atoms with E-state index in [1.165, 1.54) is 4.90 Å². The number of rotatable bonds is 5. The average molecular weight is 413 g/mol. The number of carbonyl (C=O) groups is 3. The molecule has 0 unspecified atom stereocenters. The van der Waals surface area contributed by atoms with Crippen molar-refractivity contribution in [2.75, 3.05) is 26.2 Å². The zero-order chi connectivity index (χ0) is 21.8. The Hall–Kier alpha value is -2.63. The number of likely N-dealkylation sites (tertiary alicyclic amines) is 1. The third-order valence-electron chi connectivity index (χ3n) is 6.19. The molecule has 0 bridgehead atoms. The zero-order valence-corrected chi connectivity index (χ0v) is 18.4. The number of hydrogen-bond donors (Lipinski definition) is 0. The number of amides is 2. The van der Waals surface area contributed by atoms with Crippen molar-refractivity contribution in [1.82, 2.24) is 9.80 Å². The number of aryl methyl sites for hydroxylation is 1. The first-order valence-electron chi connectivity index (χ1n) is 10.8. The van der Waals surface area contributed by atoms with Crippen molar-refractivity contribution >= 4 is 17.8 Å². The predicted molar refractivity (Wildman–Crippen MR) is 115 cm³/mol. The molecule has 2 heterocycles. The van der Waals surface area contributed by atoms with Crippen LogP contribution in [0.15, 0.2) is 35.5 Å². The molecule has 0 aliphatic carbocycles. The number of piperidine rings is 1. The Bertz CT molecular complexity index is 853. The molecule has 0 spiro atoms. The van der Waals surface area contributed by atoms with Crippen molar-refractivity contribution < 1.29 is 19.1 Å². The summed E-state index contributed by atoms with van der Waals surface area (Å²) in [5.74, 6) is -0.354. The van der Waals surface area contributed by atoms with Gasteiger partial charge in [-0.3, -0.25) is 9.59 Å². The monoisotopic (exact) mass is 412 g/mol. The van der Waals surface area contributed by atoms with E-state index in [0.29, 0.717) is 17.2 Å². The van der Waals surface area contributed by atoms with E-state index < -0.39 is 5.97 Å². The summed E-state index contributed by atoms with van der Waals surface area (Å²) in [6.45, 7) is 9.37. The third kappa shape index (κ3) is 4.74. The van der Waals surface area contributed by atoms with Crippen molar-refractivity contribution in [2.24, 2.45) is 5.92 Å². The Labute approximate surface area is 178 Å². The first-order valence-corrected chi connectivity index (χ1v) is 10.8. The predicted octanol–water partition coefficient (Wildman–Crippen LogP) is 3.41. The molecule has 1 aromatic rings. The van der Waals surface area contributed by atoms with E-state index in [2.05, 4.69) is 6.92 Å². The first-order chi connectivity index (χ1) is 14.3. The highest BCUT2D eigenvalue weighted by Crippen LogP contribution is 2.37. The molecule has 0 radical (unpaired) electrons. The molecule has 1 atom stereocenters. The number of nitrogens with zero attached hydrogens (tertiary/aromatic N) is 2. The van der Waals surface area contributed by atoms with Crippen molar-refractivity contribution in [1.29, 1.82) is 0 Å². The number of carbonyl (C=O) groups excluding carboxylic acids is 3. The van der Waals surface area contributed by atoms with E-state index in [-0.39, 0.29) is 37.3 Å². The second-order valence-corrected chi connectivity index (χ2v) is 8.43. The number of esters is 1. The number of hydrogen-bond acceptors (Lipinski definition) is 4. The fraction of sp³-hybridized carbons (Fsp3) is 0.542. The molecule has 0 N–H and O–H groups in total. The zero-order valence-electron chi connectivity index (χ0n) is 18.4. The summed E-state index contributed by atoms with van der Waals surface area (Å²) in [6, 6.07) is 7.85. The van der Waals surface area contributed by atoms with Gasteiger partial charge in [0.05, 0.1) is 12.2 Å². The standard InChI is InChI=1S/C24H32N2O4/c1-5-30-24(29)23-18(4)26(15-22(28)25-11-9-16(2)10-12-25)21(27)14-20(23)19-8-6-7-17(3)13-19/h6-8,13,16,20H,5,9-12,14-15H2,1-4H3/t20-/m0/s1. The van der Waals surface area contributed by atoms with Gasteiger partial charge in [0, 0.05) is 31.1 Å². The maximum Gasteiger partial charge on any atom is 0.336 e. The highest BCUT2D eigenvalue weighted by molar-refractivity contribution is 5.97. The van der Waals surface area contributed by atoms with Gasteiger partial charge in [-0.05, 0) is 45.1 Å². The van der Waals surface area contributed by atoms with Gasteiger partial charge in [0.25, 0.3) is 0 Å². The molecular weight excluding hydrogens is 380 g/mol. The number of benzene rings is 1. The summed E-state index contributed by atoms with van der Waals surface area (Å²) >= 11 is 0. The first kappa shape index (κ1) is 22.1. The molecule has 162 valence electrons. The Morgan fingerprint density at radius 2 is 1.87 bits per heavy atom. The molecule has 3 rings (SSSR count). The number of ether oxygens (including phenoxy) is 1. The second kappa shape index (κ2) is 9.45. The SMILES string of the molecule is CCOC(=O)C1=C(C)N(CC(=O)N2CCC(C)CC2)C(=O)C[C@H]1c1cccc(C)c1. The molecule has 0 saturated carbocycles. The fourth-order valence-corrected chi connectivity index (χ4v) is 4.34. The van der Waals surface area contributed by atoms with E-state index >= 15 is 0 Å². The van der Waals surface area contributed by atoms with Crippen LogP contribution < -0.4 is 0 Å². The third-order valence-corrected chi connectivity index (χ3v) is 6.19. The Morgan fingerprint density at radius 1 is 1.17 bits per heavy atom. The van der Waals surface area contributed by atoms with Crippen molar-refractivity contribution in [3.63, 3.8) is 0 Å². The van der Waals surface area contributed by atoms with Crippen LogP contribution in [-0.4, -0.2) is 53.8 Å². The molecule has 1 saturated heterocycles. The topological polar surface area (TPSA) is 66.9 Å². The van der Waals surface area contributed by atoms with E-state index in [1.54, 1.807) is 13.8 Å². The van der Waals surface area contributed by atoms with Crippen molar-refractivity contribution in [2.45, 2.75) is 52.9 Å². The molecule has 2 aliphatic heterocycles. The van der Waals surface area contributed by atoms with Crippen LogP contribution >= 0.6 is 0 Å². The molecule has 30 heavy (non-hydrogen) atoms. The molecule has 6 nitrogen and oxygen atoms in total. The second-order valence-electron chi connectivity index (χ2n) is 8.43. The van der Waals surface area contributed by atoms with Gasteiger partial charge in [0.1, 0.15) is 6.54 Å². The summed E-state index contributed by atoms with van der Waals surface area (Å²) < 4.78 is 5.32. The smallest absolute Gasteiger partial charge is 0.336 e. The maximum atomic E-state index is 13.0. The summed E-state index contributed by atoms with van der Waals surface area (Å²) in [5.41, 5.74) is 2.98. The lowest BCUT2D eigenvalue weighted by Gasteiger charge is -2.36. The van der Waals surface area contributed by atoms with Gasteiger partial charge in [-0.15, -0.1) is 0 Å². The van der Waals surface area contributed by atoms with E-state index in [1.807, 2.05) is 36.1 Å². The minimum atomic E-state index is -0.418. The van der Waals surface area contributed by atoms with Gasteiger partial charge >= 0.3 is 5.97 Å². The van der Waals surface area contributed by atoms with Crippen LogP contribution in [0.2, 0.25) is 0 Å².